The minimum absolute atomic E-state index is 0.0260. The number of carbonyl (C=O) groups is 1. The molecule has 0 atom stereocenters. The molecule has 0 spiro atoms. The summed E-state index contributed by atoms with van der Waals surface area (Å²) in [5.41, 5.74) is 1.54. The van der Waals surface area contributed by atoms with Crippen molar-refractivity contribution in [2.24, 2.45) is 0 Å². The number of rotatable bonds is 8. The van der Waals surface area contributed by atoms with Gasteiger partial charge in [0, 0.05) is 5.41 Å². The van der Waals surface area contributed by atoms with Crippen LogP contribution in [0.15, 0.2) is 42.5 Å². The van der Waals surface area contributed by atoms with Gasteiger partial charge in [0.1, 0.15) is 23.9 Å². The minimum atomic E-state index is -0.947. The zero-order chi connectivity index (χ0) is 21.2. The summed E-state index contributed by atoms with van der Waals surface area (Å²) in [5.74, 6) is 0.163. The summed E-state index contributed by atoms with van der Waals surface area (Å²) in [6, 6.07) is 12.9. The van der Waals surface area contributed by atoms with Crippen molar-refractivity contribution in [1.82, 2.24) is 0 Å². The number of benzene rings is 2. The monoisotopic (exact) mass is 414 g/mol. The minimum Gasteiger partial charge on any atom is -0.480 e. The van der Waals surface area contributed by atoms with Crippen LogP contribution in [0.5, 0.6) is 11.5 Å². The predicted octanol–water partition coefficient (Wildman–Crippen LogP) is 5.00. The van der Waals surface area contributed by atoms with Gasteiger partial charge in [0.05, 0.1) is 18.8 Å². The van der Waals surface area contributed by atoms with Crippen molar-refractivity contribution in [1.29, 1.82) is 0 Å². The molecule has 5 nitrogen and oxygen atoms in total. The molecule has 30 heavy (non-hydrogen) atoms. The predicted molar refractivity (Wildman–Crippen MR) is 110 cm³/mol. The Bertz CT molecular complexity index is 901. The first kappa shape index (κ1) is 20.8. The van der Waals surface area contributed by atoms with Crippen LogP contribution in [-0.2, 0) is 19.7 Å². The molecule has 0 unspecified atom stereocenters. The van der Waals surface area contributed by atoms with Crippen molar-refractivity contribution in [2.45, 2.75) is 50.0 Å². The Kier molecular flexibility index (Phi) is 5.80. The fourth-order valence-electron chi connectivity index (χ4n) is 4.58. The molecule has 3 aliphatic rings. The van der Waals surface area contributed by atoms with Gasteiger partial charge in [-0.1, -0.05) is 12.1 Å². The summed E-state index contributed by atoms with van der Waals surface area (Å²) in [4.78, 5) is 10.6. The van der Waals surface area contributed by atoms with Gasteiger partial charge in [-0.2, -0.15) is 0 Å². The van der Waals surface area contributed by atoms with E-state index in [0.29, 0.717) is 24.5 Å². The van der Waals surface area contributed by atoms with E-state index < -0.39 is 5.97 Å². The number of ether oxygens (including phenoxy) is 3. The van der Waals surface area contributed by atoms with Gasteiger partial charge in [-0.05, 0) is 80.5 Å². The molecule has 2 heterocycles. The van der Waals surface area contributed by atoms with Crippen LogP contribution in [0.1, 0.15) is 43.2 Å². The van der Waals surface area contributed by atoms with Crippen LogP contribution < -0.4 is 4.74 Å². The highest BCUT2D eigenvalue weighted by atomic mass is 19.1. The van der Waals surface area contributed by atoms with Crippen molar-refractivity contribution in [3.63, 3.8) is 0 Å². The number of hydrogen-bond acceptors (Lipinski definition) is 4. The molecule has 3 fully saturated rings. The van der Waals surface area contributed by atoms with E-state index in [0.717, 1.165) is 37.9 Å². The lowest BCUT2D eigenvalue weighted by molar-refractivity contribution is -0.168. The normalized spacial score (nSPS) is 25.3. The average molecular weight is 414 g/mol. The molecule has 1 aliphatic carbocycles. The van der Waals surface area contributed by atoms with Gasteiger partial charge >= 0.3 is 5.97 Å². The second-order valence-electron chi connectivity index (χ2n) is 8.49. The Hall–Kier alpha value is -2.44. The van der Waals surface area contributed by atoms with Crippen LogP contribution in [0.2, 0.25) is 0 Å². The molecule has 2 aromatic carbocycles. The quantitative estimate of drug-likeness (QED) is 0.616. The second kappa shape index (κ2) is 8.36. The number of halogens is 1. The fraction of sp³-hybridized carbons (Fsp3) is 0.458. The lowest BCUT2D eigenvalue weighted by Crippen LogP contribution is -2.53. The first-order valence-electron chi connectivity index (χ1n) is 10.4. The third-order valence-corrected chi connectivity index (χ3v) is 6.51. The molecule has 2 aliphatic heterocycles. The summed E-state index contributed by atoms with van der Waals surface area (Å²) >= 11 is 0. The smallest absolute Gasteiger partial charge is 0.329 e. The molecule has 5 rings (SSSR count). The van der Waals surface area contributed by atoms with Gasteiger partial charge in [-0.25, -0.2) is 9.18 Å². The van der Waals surface area contributed by atoms with Gasteiger partial charge in [0.2, 0.25) is 0 Å². The lowest BCUT2D eigenvalue weighted by Gasteiger charge is -2.53. The third kappa shape index (κ3) is 4.35. The Morgan fingerprint density at radius 3 is 2.57 bits per heavy atom. The van der Waals surface area contributed by atoms with E-state index in [4.69, 9.17) is 19.3 Å². The third-order valence-electron chi connectivity index (χ3n) is 6.51. The number of aryl methyl sites for hydroxylation is 1. The van der Waals surface area contributed by atoms with Crippen molar-refractivity contribution in [3.05, 3.63) is 59.4 Å². The van der Waals surface area contributed by atoms with Gasteiger partial charge < -0.3 is 19.3 Å². The number of hydrogen-bond donors (Lipinski definition) is 1. The van der Waals surface area contributed by atoms with E-state index in [9.17, 15) is 9.18 Å². The van der Waals surface area contributed by atoms with Crippen LogP contribution in [0.3, 0.4) is 0 Å². The Balaban J connectivity index is 1.41. The van der Waals surface area contributed by atoms with Crippen molar-refractivity contribution >= 4 is 5.97 Å². The Morgan fingerprint density at radius 2 is 1.90 bits per heavy atom. The molecule has 160 valence electrons. The standard InChI is InChI=1S/C24H27FO5/c1-17-13-20(5-6-21(17)25)30-19-4-2-3-18(14-19)23-7-9-24(10-8-23,29-16-23)11-12-28-15-22(26)27/h2-6,13-14H,7-12,15-16H2,1H3,(H,26,27). The number of carboxylic acids is 1. The second-order valence-corrected chi connectivity index (χ2v) is 8.49. The van der Waals surface area contributed by atoms with Crippen LogP contribution >= 0.6 is 0 Å². The molecule has 2 saturated heterocycles. The maximum Gasteiger partial charge on any atom is 0.329 e. The van der Waals surface area contributed by atoms with Gasteiger partial charge in [-0.15, -0.1) is 0 Å². The van der Waals surface area contributed by atoms with E-state index in [-0.39, 0.29) is 23.4 Å². The molecule has 2 aromatic rings. The van der Waals surface area contributed by atoms with Crippen LogP contribution in [0.4, 0.5) is 4.39 Å². The highest BCUT2D eigenvalue weighted by Gasteiger charge is 2.50. The fourth-order valence-corrected chi connectivity index (χ4v) is 4.58. The van der Waals surface area contributed by atoms with Crippen LogP contribution in [0.25, 0.3) is 0 Å². The number of carboxylic acid groups (broad SMARTS) is 1. The first-order chi connectivity index (χ1) is 14.4. The van der Waals surface area contributed by atoms with E-state index in [1.54, 1.807) is 19.1 Å². The lowest BCUT2D eigenvalue weighted by atomic mass is 9.62. The first-order valence-corrected chi connectivity index (χ1v) is 10.4. The maximum atomic E-state index is 13.5. The summed E-state index contributed by atoms with van der Waals surface area (Å²) in [6.07, 6.45) is 4.64. The molecular formula is C24H27FO5. The number of fused-ring (bicyclic) bond motifs is 3. The highest BCUT2D eigenvalue weighted by Crippen LogP contribution is 2.52. The molecule has 6 heteroatoms. The van der Waals surface area contributed by atoms with Crippen molar-refractivity contribution in [3.8, 4) is 11.5 Å². The van der Waals surface area contributed by atoms with Crippen molar-refractivity contribution < 1.29 is 28.5 Å². The summed E-state index contributed by atoms with van der Waals surface area (Å²) in [6.45, 7) is 2.50. The summed E-state index contributed by atoms with van der Waals surface area (Å²) < 4.78 is 31.0. The molecule has 0 radical (unpaired) electrons. The van der Waals surface area contributed by atoms with E-state index >= 15 is 0 Å². The van der Waals surface area contributed by atoms with E-state index in [1.165, 1.54) is 11.6 Å². The summed E-state index contributed by atoms with van der Waals surface area (Å²) in [5, 5.41) is 8.70. The SMILES string of the molecule is Cc1cc(Oc2cccc(C34CCC(CCOCC(=O)O)(CC3)OC4)c2)ccc1F. The van der Waals surface area contributed by atoms with Gasteiger partial charge in [0.25, 0.3) is 0 Å². The average Bonchev–Trinajstić information content (AvgIpc) is 2.75. The molecule has 0 amide bonds. The zero-order valence-corrected chi connectivity index (χ0v) is 17.2. The molecule has 1 saturated carbocycles. The Labute approximate surface area is 175 Å². The van der Waals surface area contributed by atoms with Crippen LogP contribution in [-0.4, -0.2) is 36.5 Å². The number of aliphatic carboxylic acids is 1. The maximum absolute atomic E-state index is 13.5. The largest absolute Gasteiger partial charge is 0.480 e. The molecule has 0 aromatic heterocycles. The topological polar surface area (TPSA) is 65.0 Å². The highest BCUT2D eigenvalue weighted by molar-refractivity contribution is 5.67. The van der Waals surface area contributed by atoms with Gasteiger partial charge in [0.15, 0.2) is 0 Å². The van der Waals surface area contributed by atoms with E-state index in [2.05, 4.69) is 12.1 Å². The summed E-state index contributed by atoms with van der Waals surface area (Å²) in [7, 11) is 0. The van der Waals surface area contributed by atoms with Crippen molar-refractivity contribution in [2.75, 3.05) is 19.8 Å². The molecule has 2 bridgehead atoms. The molecule has 1 N–H and O–H groups in total. The van der Waals surface area contributed by atoms with E-state index in [1.807, 2.05) is 12.1 Å². The zero-order valence-electron chi connectivity index (χ0n) is 17.2. The van der Waals surface area contributed by atoms with Crippen LogP contribution in [0, 0.1) is 12.7 Å². The van der Waals surface area contributed by atoms with Gasteiger partial charge in [-0.3, -0.25) is 0 Å². The molecular weight excluding hydrogens is 387 g/mol. The Morgan fingerprint density at radius 1 is 1.13 bits per heavy atom.